The number of amidine groups is 1. The molecule has 3 N–H and O–H groups in total. The number of rotatable bonds is 6. The number of thioether (sulfide) groups is 1. The summed E-state index contributed by atoms with van der Waals surface area (Å²) in [7, 11) is -3.80. The van der Waals surface area contributed by atoms with Crippen molar-refractivity contribution in [2.45, 2.75) is 30.4 Å². The topological polar surface area (TPSA) is 122 Å². The number of hydrogen-bond acceptors (Lipinski definition) is 6. The smallest absolute Gasteiger partial charge is 0.242 e. The van der Waals surface area contributed by atoms with Crippen LogP contribution in [0.2, 0.25) is 5.02 Å². The molecule has 11 heteroatoms. The summed E-state index contributed by atoms with van der Waals surface area (Å²) in [6.45, 7) is 4.06. The van der Waals surface area contributed by atoms with Gasteiger partial charge in [0.1, 0.15) is 5.25 Å². The van der Waals surface area contributed by atoms with Gasteiger partial charge in [-0.1, -0.05) is 29.4 Å². The van der Waals surface area contributed by atoms with Gasteiger partial charge >= 0.3 is 0 Å². The molecule has 1 heterocycles. The predicted octanol–water partition coefficient (Wildman–Crippen LogP) is 3.28. The molecule has 1 fully saturated rings. The fourth-order valence-electron chi connectivity index (χ4n) is 2.94. The summed E-state index contributed by atoms with van der Waals surface area (Å²) in [6, 6.07) is 10.9. The van der Waals surface area contributed by atoms with Crippen LogP contribution in [0.3, 0.4) is 0 Å². The number of carbonyl (C=O) groups excluding carboxylic acids is 2. The molecule has 8 nitrogen and oxygen atoms in total. The van der Waals surface area contributed by atoms with Crippen molar-refractivity contribution in [3.63, 3.8) is 0 Å². The molecule has 0 radical (unpaired) electrons. The monoisotopic (exact) mass is 480 g/mol. The van der Waals surface area contributed by atoms with Crippen molar-refractivity contribution in [1.82, 2.24) is 4.90 Å². The number of primary sulfonamides is 1. The van der Waals surface area contributed by atoms with Crippen LogP contribution in [0, 0.1) is 6.92 Å². The van der Waals surface area contributed by atoms with Gasteiger partial charge in [-0.25, -0.2) is 18.5 Å². The van der Waals surface area contributed by atoms with Crippen molar-refractivity contribution in [3.05, 3.63) is 53.1 Å². The Balaban J connectivity index is 1.74. The Morgan fingerprint density at radius 3 is 2.55 bits per heavy atom. The minimum atomic E-state index is -3.80. The lowest BCUT2D eigenvalue weighted by molar-refractivity contribution is -0.128. The van der Waals surface area contributed by atoms with Crippen LogP contribution in [0.25, 0.3) is 0 Å². The molecule has 2 aromatic carbocycles. The zero-order chi connectivity index (χ0) is 22.8. The molecule has 1 saturated heterocycles. The lowest BCUT2D eigenvalue weighted by atomic mass is 10.2. The van der Waals surface area contributed by atoms with E-state index in [-0.39, 0.29) is 23.1 Å². The molecule has 2 amide bonds. The quantitative estimate of drug-likeness (QED) is 0.657. The van der Waals surface area contributed by atoms with Gasteiger partial charge in [0.25, 0.3) is 0 Å². The first-order valence-corrected chi connectivity index (χ1v) is 12.1. The second kappa shape index (κ2) is 9.39. The van der Waals surface area contributed by atoms with Crippen LogP contribution in [0.1, 0.15) is 18.9 Å². The number of aryl methyl sites for hydroxylation is 1. The van der Waals surface area contributed by atoms with Gasteiger partial charge in [-0.3, -0.25) is 14.5 Å². The third-order valence-electron chi connectivity index (χ3n) is 4.57. The summed E-state index contributed by atoms with van der Waals surface area (Å²) in [4.78, 5) is 31.2. The number of sulfonamides is 1. The highest BCUT2D eigenvalue weighted by Gasteiger charge is 2.38. The van der Waals surface area contributed by atoms with Gasteiger partial charge in [-0.05, 0) is 55.8 Å². The van der Waals surface area contributed by atoms with Gasteiger partial charge in [0.15, 0.2) is 5.17 Å². The molecule has 1 aliphatic heterocycles. The van der Waals surface area contributed by atoms with E-state index in [0.29, 0.717) is 28.1 Å². The van der Waals surface area contributed by atoms with Crippen molar-refractivity contribution >= 4 is 61.7 Å². The highest BCUT2D eigenvalue weighted by molar-refractivity contribution is 8.15. The lowest BCUT2D eigenvalue weighted by Crippen LogP contribution is -2.33. The summed E-state index contributed by atoms with van der Waals surface area (Å²) in [5.41, 5.74) is 1.94. The van der Waals surface area contributed by atoms with Crippen LogP contribution in [0.5, 0.6) is 0 Å². The Morgan fingerprint density at radius 1 is 1.26 bits per heavy atom. The van der Waals surface area contributed by atoms with Gasteiger partial charge in [-0.15, -0.1) is 0 Å². The summed E-state index contributed by atoms with van der Waals surface area (Å²) in [5.74, 6) is -0.503. The van der Waals surface area contributed by atoms with Crippen LogP contribution in [-0.4, -0.2) is 42.1 Å². The SMILES string of the molecule is CCN1C(=O)C(CC(=O)Nc2cc(Cl)ccc2C)SC1=Nc1ccc(S(N)(=O)=O)cc1. The fraction of sp³-hybridized carbons (Fsp3) is 0.250. The average Bonchev–Trinajstić information content (AvgIpc) is 2.98. The van der Waals surface area contributed by atoms with Crippen molar-refractivity contribution in [2.24, 2.45) is 10.1 Å². The molecule has 0 bridgehead atoms. The maximum absolute atomic E-state index is 12.8. The minimum absolute atomic E-state index is 0.0185. The van der Waals surface area contributed by atoms with E-state index >= 15 is 0 Å². The first kappa shape index (κ1) is 23.3. The lowest BCUT2D eigenvalue weighted by Gasteiger charge is -2.13. The van der Waals surface area contributed by atoms with E-state index in [4.69, 9.17) is 16.7 Å². The van der Waals surface area contributed by atoms with Gasteiger partial charge in [0.05, 0.1) is 10.6 Å². The molecule has 0 aromatic heterocycles. The van der Waals surface area contributed by atoms with Crippen molar-refractivity contribution in [3.8, 4) is 0 Å². The Hall–Kier alpha value is -2.40. The molecule has 1 atom stereocenters. The molecule has 0 aliphatic carbocycles. The molecule has 0 spiro atoms. The van der Waals surface area contributed by atoms with Crippen molar-refractivity contribution in [2.75, 3.05) is 11.9 Å². The van der Waals surface area contributed by atoms with E-state index in [0.717, 1.165) is 5.56 Å². The number of anilines is 1. The zero-order valence-electron chi connectivity index (χ0n) is 16.8. The third kappa shape index (κ3) is 5.65. The van der Waals surface area contributed by atoms with Crippen LogP contribution >= 0.6 is 23.4 Å². The largest absolute Gasteiger partial charge is 0.326 e. The van der Waals surface area contributed by atoms with Gasteiger partial charge in [-0.2, -0.15) is 0 Å². The summed E-state index contributed by atoms with van der Waals surface area (Å²) in [6.07, 6.45) is -0.0185. The third-order valence-corrected chi connectivity index (χ3v) is 6.91. The second-order valence-electron chi connectivity index (χ2n) is 6.83. The van der Waals surface area contributed by atoms with Crippen LogP contribution in [-0.2, 0) is 19.6 Å². The summed E-state index contributed by atoms with van der Waals surface area (Å²) < 4.78 is 22.8. The number of benzene rings is 2. The molecule has 164 valence electrons. The highest BCUT2D eigenvalue weighted by Crippen LogP contribution is 2.32. The van der Waals surface area contributed by atoms with Crippen molar-refractivity contribution in [1.29, 1.82) is 0 Å². The number of nitrogens with one attached hydrogen (secondary N) is 1. The normalized spacial score (nSPS) is 17.9. The molecule has 1 unspecified atom stereocenters. The predicted molar refractivity (Wildman–Crippen MR) is 123 cm³/mol. The molecular weight excluding hydrogens is 460 g/mol. The minimum Gasteiger partial charge on any atom is -0.326 e. The first-order chi connectivity index (χ1) is 14.6. The molecule has 2 aromatic rings. The van der Waals surface area contributed by atoms with Gasteiger partial charge in [0, 0.05) is 23.7 Å². The molecule has 1 aliphatic rings. The number of hydrogen-bond donors (Lipinski definition) is 2. The molecular formula is C20H21ClN4O4S2. The first-order valence-electron chi connectivity index (χ1n) is 9.34. The van der Waals surface area contributed by atoms with E-state index in [1.54, 1.807) is 18.2 Å². The maximum atomic E-state index is 12.8. The van der Waals surface area contributed by atoms with Gasteiger partial charge < -0.3 is 5.32 Å². The highest BCUT2D eigenvalue weighted by atomic mass is 35.5. The van der Waals surface area contributed by atoms with E-state index in [1.165, 1.54) is 40.9 Å². The number of halogens is 1. The molecule has 3 rings (SSSR count). The Morgan fingerprint density at radius 2 is 1.94 bits per heavy atom. The van der Waals surface area contributed by atoms with E-state index < -0.39 is 15.3 Å². The Kier molecular flexibility index (Phi) is 7.05. The van der Waals surface area contributed by atoms with Crippen LogP contribution in [0.15, 0.2) is 52.4 Å². The van der Waals surface area contributed by atoms with Crippen LogP contribution < -0.4 is 10.5 Å². The number of amides is 2. The van der Waals surface area contributed by atoms with Gasteiger partial charge in [0.2, 0.25) is 21.8 Å². The van der Waals surface area contributed by atoms with Crippen LogP contribution in [0.4, 0.5) is 11.4 Å². The Bertz CT molecular complexity index is 1150. The standard InChI is InChI=1S/C20H21ClN4O4S2/c1-3-25-19(27)17(11-18(26)24-16-10-13(21)5-4-12(16)2)30-20(25)23-14-6-8-15(9-7-14)31(22,28)29/h4-10,17H,3,11H2,1-2H3,(H,24,26)(H2,22,28,29). The van der Waals surface area contributed by atoms with E-state index in [9.17, 15) is 18.0 Å². The van der Waals surface area contributed by atoms with E-state index in [2.05, 4.69) is 10.3 Å². The van der Waals surface area contributed by atoms with Crippen molar-refractivity contribution < 1.29 is 18.0 Å². The number of nitrogens with zero attached hydrogens (tertiary/aromatic N) is 2. The average molecular weight is 481 g/mol. The maximum Gasteiger partial charge on any atom is 0.242 e. The Labute approximate surface area is 189 Å². The van der Waals surface area contributed by atoms with E-state index in [1.807, 2.05) is 13.8 Å². The molecule has 0 saturated carbocycles. The number of carbonyl (C=O) groups is 2. The molecule has 31 heavy (non-hydrogen) atoms. The fourth-order valence-corrected chi connectivity index (χ4v) is 4.84. The number of nitrogens with two attached hydrogens (primary N) is 1. The summed E-state index contributed by atoms with van der Waals surface area (Å²) in [5, 5.41) is 8.25. The zero-order valence-corrected chi connectivity index (χ0v) is 19.2. The second-order valence-corrected chi connectivity index (χ2v) is 10.0. The number of aliphatic imine (C=N–C) groups is 1. The summed E-state index contributed by atoms with van der Waals surface area (Å²) >= 11 is 7.19.